The third-order valence-electron chi connectivity index (χ3n) is 6.11. The second-order valence-corrected chi connectivity index (χ2v) is 9.65. The summed E-state index contributed by atoms with van der Waals surface area (Å²) in [6.45, 7) is 1.92. The van der Waals surface area contributed by atoms with Crippen LogP contribution in [-0.4, -0.2) is 68.2 Å². The number of fused-ring (bicyclic) bond motifs is 1. The summed E-state index contributed by atoms with van der Waals surface area (Å²) in [6.07, 6.45) is 4.23. The molecule has 0 bridgehead atoms. The summed E-state index contributed by atoms with van der Waals surface area (Å²) in [5.41, 5.74) is 0.472. The van der Waals surface area contributed by atoms with E-state index in [9.17, 15) is 18.0 Å². The molecular formula is C20H26N2O5S. The molecule has 28 heavy (non-hydrogen) atoms. The molecule has 2 heterocycles. The number of morpholine rings is 1. The van der Waals surface area contributed by atoms with Gasteiger partial charge in [0.15, 0.2) is 0 Å². The van der Waals surface area contributed by atoms with Crippen LogP contribution in [0.5, 0.6) is 0 Å². The largest absolute Gasteiger partial charge is 0.379 e. The van der Waals surface area contributed by atoms with Crippen LogP contribution >= 0.6 is 0 Å². The number of carbonyl (C=O) groups excluding carboxylic acids is 2. The molecule has 0 spiro atoms. The number of rotatable bonds is 3. The van der Waals surface area contributed by atoms with E-state index in [1.807, 2.05) is 4.90 Å². The van der Waals surface area contributed by atoms with Crippen LogP contribution in [0, 0.1) is 5.92 Å². The van der Waals surface area contributed by atoms with Gasteiger partial charge < -0.3 is 9.64 Å². The Kier molecular flexibility index (Phi) is 5.53. The molecule has 0 aromatic heterocycles. The van der Waals surface area contributed by atoms with Gasteiger partial charge in [-0.3, -0.25) is 9.59 Å². The van der Waals surface area contributed by atoms with E-state index in [0.717, 1.165) is 25.7 Å². The van der Waals surface area contributed by atoms with Crippen LogP contribution in [0.4, 0.5) is 0 Å². The van der Waals surface area contributed by atoms with Crippen molar-refractivity contribution in [1.29, 1.82) is 0 Å². The predicted octanol–water partition coefficient (Wildman–Crippen LogP) is 1.68. The number of benzene rings is 1. The van der Waals surface area contributed by atoms with Crippen molar-refractivity contribution in [2.24, 2.45) is 5.92 Å². The Morgan fingerprint density at radius 3 is 2.39 bits per heavy atom. The minimum Gasteiger partial charge on any atom is -0.379 e. The average molecular weight is 407 g/mol. The van der Waals surface area contributed by atoms with Gasteiger partial charge in [-0.25, -0.2) is 8.42 Å². The number of ether oxygens (including phenoxy) is 1. The summed E-state index contributed by atoms with van der Waals surface area (Å²) >= 11 is 0. The Labute approximate surface area is 165 Å². The van der Waals surface area contributed by atoms with Crippen LogP contribution in [0.2, 0.25) is 0 Å². The van der Waals surface area contributed by atoms with Gasteiger partial charge in [0.2, 0.25) is 10.0 Å². The first-order valence-electron chi connectivity index (χ1n) is 10.00. The lowest BCUT2D eigenvalue weighted by molar-refractivity contribution is -0.129. The quantitative estimate of drug-likeness (QED) is 0.763. The first-order valence-corrected chi connectivity index (χ1v) is 11.4. The molecule has 4 rings (SSSR count). The second-order valence-electron chi connectivity index (χ2n) is 7.71. The lowest BCUT2D eigenvalue weighted by Crippen LogP contribution is -2.53. The molecule has 8 heteroatoms. The highest BCUT2D eigenvalue weighted by atomic mass is 32.2. The molecular weight excluding hydrogens is 380 g/mol. The predicted molar refractivity (Wildman–Crippen MR) is 102 cm³/mol. The van der Waals surface area contributed by atoms with Crippen LogP contribution in [0.1, 0.15) is 42.5 Å². The van der Waals surface area contributed by atoms with Gasteiger partial charge in [0.1, 0.15) is 5.78 Å². The van der Waals surface area contributed by atoms with E-state index in [2.05, 4.69) is 0 Å². The molecule has 152 valence electrons. The molecule has 7 nitrogen and oxygen atoms in total. The molecule has 3 aliphatic rings. The molecule has 1 saturated carbocycles. The van der Waals surface area contributed by atoms with Gasteiger partial charge in [0, 0.05) is 43.6 Å². The van der Waals surface area contributed by atoms with Crippen molar-refractivity contribution in [2.75, 3.05) is 32.8 Å². The first-order chi connectivity index (χ1) is 13.5. The van der Waals surface area contributed by atoms with Gasteiger partial charge in [-0.1, -0.05) is 12.8 Å². The number of Topliss-reactive ketones (excluding diaryl/α,β-unsaturated/α-hetero) is 1. The summed E-state index contributed by atoms with van der Waals surface area (Å²) in [4.78, 5) is 27.3. The van der Waals surface area contributed by atoms with Crippen molar-refractivity contribution in [3.63, 3.8) is 0 Å². The van der Waals surface area contributed by atoms with Crippen LogP contribution in [0.15, 0.2) is 29.2 Å². The minimum atomic E-state index is -3.57. The number of carbonyl (C=O) groups is 2. The zero-order valence-corrected chi connectivity index (χ0v) is 16.7. The van der Waals surface area contributed by atoms with E-state index in [1.54, 1.807) is 12.1 Å². The van der Waals surface area contributed by atoms with Gasteiger partial charge in [0.05, 0.1) is 18.1 Å². The molecule has 0 N–H and O–H groups in total. The van der Waals surface area contributed by atoms with Gasteiger partial charge in [-0.05, 0) is 37.1 Å². The topological polar surface area (TPSA) is 84.0 Å². The van der Waals surface area contributed by atoms with Gasteiger partial charge >= 0.3 is 0 Å². The highest BCUT2D eigenvalue weighted by molar-refractivity contribution is 7.89. The number of sulfonamides is 1. The molecule has 1 aliphatic carbocycles. The maximum absolute atomic E-state index is 13.1. The van der Waals surface area contributed by atoms with Crippen molar-refractivity contribution >= 4 is 21.7 Å². The fourth-order valence-electron chi connectivity index (χ4n) is 4.57. The van der Waals surface area contributed by atoms with Crippen LogP contribution in [0.3, 0.4) is 0 Å². The summed E-state index contributed by atoms with van der Waals surface area (Å²) in [5.74, 6) is 0.132. The molecule has 3 fully saturated rings. The summed E-state index contributed by atoms with van der Waals surface area (Å²) in [5, 5.41) is 0. The third kappa shape index (κ3) is 3.60. The van der Waals surface area contributed by atoms with Crippen molar-refractivity contribution in [3.05, 3.63) is 29.8 Å². The number of nitrogens with zero attached hydrogens (tertiary/aromatic N) is 2. The van der Waals surface area contributed by atoms with Crippen molar-refractivity contribution < 1.29 is 22.7 Å². The molecule has 2 aliphatic heterocycles. The summed E-state index contributed by atoms with van der Waals surface area (Å²) in [6, 6.07) is 6.17. The van der Waals surface area contributed by atoms with Gasteiger partial charge in [0.25, 0.3) is 5.91 Å². The molecule has 0 radical (unpaired) electrons. The zero-order chi connectivity index (χ0) is 19.7. The Bertz CT molecular complexity index is 846. The van der Waals surface area contributed by atoms with E-state index in [4.69, 9.17) is 4.74 Å². The molecule has 1 aromatic rings. The molecule has 2 saturated heterocycles. The van der Waals surface area contributed by atoms with Crippen molar-refractivity contribution in [3.8, 4) is 0 Å². The fourth-order valence-corrected chi connectivity index (χ4v) is 5.97. The lowest BCUT2D eigenvalue weighted by Gasteiger charge is -2.43. The normalized spacial score (nSPS) is 26.7. The van der Waals surface area contributed by atoms with Crippen LogP contribution < -0.4 is 0 Å². The molecule has 1 aromatic carbocycles. The minimum absolute atomic E-state index is 0.0146. The van der Waals surface area contributed by atoms with Crippen LogP contribution in [0.25, 0.3) is 0 Å². The SMILES string of the molecule is O=C1CCN(C(=O)c2ccc(S(=O)(=O)N3CCOCC3)cc2)[C@H]2CCCC[C@@H]12. The monoisotopic (exact) mass is 406 g/mol. The van der Waals surface area contributed by atoms with E-state index in [-0.39, 0.29) is 28.5 Å². The van der Waals surface area contributed by atoms with E-state index >= 15 is 0 Å². The number of likely N-dealkylation sites (tertiary alicyclic amines) is 1. The summed E-state index contributed by atoms with van der Waals surface area (Å²) < 4.78 is 32.1. The van der Waals surface area contributed by atoms with Gasteiger partial charge in [-0.2, -0.15) is 4.31 Å². The van der Waals surface area contributed by atoms with E-state index < -0.39 is 10.0 Å². The molecule has 1 amide bonds. The van der Waals surface area contributed by atoms with Crippen LogP contribution in [-0.2, 0) is 19.6 Å². The Balaban J connectivity index is 1.52. The van der Waals surface area contributed by atoms with Gasteiger partial charge in [-0.15, -0.1) is 0 Å². The van der Waals surface area contributed by atoms with E-state index in [0.29, 0.717) is 44.8 Å². The Morgan fingerprint density at radius 2 is 1.68 bits per heavy atom. The third-order valence-corrected chi connectivity index (χ3v) is 8.03. The van der Waals surface area contributed by atoms with Crippen molar-refractivity contribution in [1.82, 2.24) is 9.21 Å². The fraction of sp³-hybridized carbons (Fsp3) is 0.600. The number of piperidine rings is 1. The highest BCUT2D eigenvalue weighted by Crippen LogP contribution is 2.34. The first kappa shape index (κ1) is 19.5. The van der Waals surface area contributed by atoms with E-state index in [1.165, 1.54) is 16.4 Å². The zero-order valence-electron chi connectivity index (χ0n) is 15.9. The standard InChI is InChI=1S/C20H26N2O5S/c23-19-9-10-22(18-4-2-1-3-17(18)19)20(24)15-5-7-16(8-6-15)28(25,26)21-11-13-27-14-12-21/h5-8,17-18H,1-4,9-14H2/t17-,18+/m1/s1. The number of hydrogen-bond donors (Lipinski definition) is 0. The summed E-state index contributed by atoms with van der Waals surface area (Å²) in [7, 11) is -3.57. The average Bonchev–Trinajstić information content (AvgIpc) is 2.74. The maximum Gasteiger partial charge on any atom is 0.254 e. The maximum atomic E-state index is 13.1. The second kappa shape index (κ2) is 7.93. The van der Waals surface area contributed by atoms with Crippen molar-refractivity contribution in [2.45, 2.75) is 43.0 Å². The number of hydrogen-bond acceptors (Lipinski definition) is 5. The smallest absolute Gasteiger partial charge is 0.254 e. The Morgan fingerprint density at radius 1 is 1.00 bits per heavy atom. The molecule has 0 unspecified atom stereocenters. The molecule has 2 atom stereocenters. The highest BCUT2D eigenvalue weighted by Gasteiger charge is 2.40. The number of amides is 1. The Hall–Kier alpha value is -1.77. The number of ketones is 1. The lowest BCUT2D eigenvalue weighted by atomic mass is 9.77.